The van der Waals surface area contributed by atoms with Crippen LogP contribution in [0.5, 0.6) is 11.5 Å². The molecule has 4 N–H and O–H groups in total. The van der Waals surface area contributed by atoms with Crippen molar-refractivity contribution in [3.8, 4) is 11.5 Å². The fraction of sp³-hybridized carbons (Fsp3) is 0.208. The lowest BCUT2D eigenvalue weighted by atomic mass is 9.87. The molecular weight excluding hydrogens is 505 g/mol. The van der Waals surface area contributed by atoms with Crippen molar-refractivity contribution in [1.82, 2.24) is 0 Å². The van der Waals surface area contributed by atoms with Gasteiger partial charge in [-0.15, -0.1) is 24.0 Å². The molecule has 1 atom stereocenters. The highest BCUT2D eigenvalue weighted by Gasteiger charge is 2.29. The monoisotopic (exact) mass is 533 g/mol. The lowest BCUT2D eigenvalue weighted by Crippen LogP contribution is -2.34. The minimum Gasteiger partial charge on any atom is -0.497 e. The topological polar surface area (TPSA) is 89.1 Å². The van der Waals surface area contributed by atoms with Gasteiger partial charge in [-0.1, -0.05) is 60.7 Å². The first-order valence-corrected chi connectivity index (χ1v) is 9.65. The van der Waals surface area contributed by atoms with Gasteiger partial charge >= 0.3 is 0 Å². The molecule has 1 unspecified atom stereocenters. The molecule has 0 amide bonds. The molecule has 164 valence electrons. The van der Waals surface area contributed by atoms with Gasteiger partial charge in [-0.2, -0.15) is 0 Å². The summed E-state index contributed by atoms with van der Waals surface area (Å²) in [6.45, 7) is 0.0943. The SMILES string of the molecule is COc1ccc(OC)c(NC(N)=NCC(O)(Cc2ccccc2)c2ccccc2)c1.I. The summed E-state index contributed by atoms with van der Waals surface area (Å²) in [6, 6.07) is 24.7. The Morgan fingerprint density at radius 1 is 0.968 bits per heavy atom. The van der Waals surface area contributed by atoms with Crippen molar-refractivity contribution in [2.75, 3.05) is 26.1 Å². The Balaban J connectivity index is 0.00000341. The Labute approximate surface area is 200 Å². The van der Waals surface area contributed by atoms with Crippen LogP contribution in [0.4, 0.5) is 5.69 Å². The molecule has 3 aromatic rings. The van der Waals surface area contributed by atoms with Gasteiger partial charge in [0.15, 0.2) is 5.96 Å². The van der Waals surface area contributed by atoms with Gasteiger partial charge in [0.1, 0.15) is 17.1 Å². The number of aliphatic imine (C=N–C) groups is 1. The number of nitrogens with zero attached hydrogens (tertiary/aromatic N) is 1. The van der Waals surface area contributed by atoms with E-state index in [0.29, 0.717) is 23.6 Å². The third-order valence-corrected chi connectivity index (χ3v) is 4.83. The summed E-state index contributed by atoms with van der Waals surface area (Å²) in [4.78, 5) is 4.43. The van der Waals surface area contributed by atoms with E-state index in [2.05, 4.69) is 10.3 Å². The smallest absolute Gasteiger partial charge is 0.193 e. The average molecular weight is 533 g/mol. The quantitative estimate of drug-likeness (QED) is 0.230. The normalized spacial score (nSPS) is 12.9. The molecule has 0 radical (unpaired) electrons. The highest BCUT2D eigenvalue weighted by molar-refractivity contribution is 14.0. The fourth-order valence-electron chi connectivity index (χ4n) is 3.24. The van der Waals surface area contributed by atoms with Gasteiger partial charge in [0.25, 0.3) is 0 Å². The molecule has 7 heteroatoms. The minimum absolute atomic E-state index is 0. The van der Waals surface area contributed by atoms with Crippen molar-refractivity contribution in [1.29, 1.82) is 0 Å². The predicted molar refractivity (Wildman–Crippen MR) is 136 cm³/mol. The van der Waals surface area contributed by atoms with Crippen molar-refractivity contribution in [3.05, 3.63) is 90.0 Å². The van der Waals surface area contributed by atoms with Crippen LogP contribution in [0.2, 0.25) is 0 Å². The number of nitrogens with two attached hydrogens (primary N) is 1. The zero-order chi connectivity index (χ0) is 21.4. The number of nitrogens with one attached hydrogen (secondary N) is 1. The lowest BCUT2D eigenvalue weighted by Gasteiger charge is -2.27. The van der Waals surface area contributed by atoms with Crippen molar-refractivity contribution in [3.63, 3.8) is 0 Å². The van der Waals surface area contributed by atoms with Crippen molar-refractivity contribution < 1.29 is 14.6 Å². The maximum atomic E-state index is 11.5. The molecule has 6 nitrogen and oxygen atoms in total. The molecule has 0 bridgehead atoms. The zero-order valence-corrected chi connectivity index (χ0v) is 19.9. The van der Waals surface area contributed by atoms with Crippen LogP contribution < -0.4 is 20.5 Å². The maximum Gasteiger partial charge on any atom is 0.193 e. The maximum absolute atomic E-state index is 11.5. The number of aliphatic hydroxyl groups is 1. The standard InChI is InChI=1S/C24H27N3O3.HI/c1-29-20-13-14-22(30-2)21(15-20)27-23(25)26-17-24(28,19-11-7-4-8-12-19)16-18-9-5-3-6-10-18;/h3-15,28H,16-17H2,1-2H3,(H3,25,26,27);1H. The summed E-state index contributed by atoms with van der Waals surface area (Å²) in [6.07, 6.45) is 0.414. The van der Waals surface area contributed by atoms with Crippen LogP contribution in [0.1, 0.15) is 11.1 Å². The molecule has 0 saturated carbocycles. The summed E-state index contributed by atoms with van der Waals surface area (Å²) in [5, 5.41) is 14.5. The number of benzene rings is 3. The number of methoxy groups -OCH3 is 2. The van der Waals surface area contributed by atoms with Gasteiger partial charge < -0.3 is 25.6 Å². The highest BCUT2D eigenvalue weighted by atomic mass is 127. The molecule has 0 saturated heterocycles. The van der Waals surface area contributed by atoms with Gasteiger partial charge in [0, 0.05) is 12.5 Å². The van der Waals surface area contributed by atoms with E-state index in [1.165, 1.54) is 0 Å². The first kappa shape index (κ1) is 24.5. The van der Waals surface area contributed by atoms with E-state index in [4.69, 9.17) is 15.2 Å². The lowest BCUT2D eigenvalue weighted by molar-refractivity contribution is 0.0468. The summed E-state index contributed by atoms with van der Waals surface area (Å²) in [5.74, 6) is 1.44. The van der Waals surface area contributed by atoms with E-state index in [1.54, 1.807) is 32.4 Å². The van der Waals surface area contributed by atoms with Gasteiger partial charge in [-0.05, 0) is 23.3 Å². The van der Waals surface area contributed by atoms with E-state index in [-0.39, 0.29) is 36.5 Å². The Bertz CT molecular complexity index is 984. The van der Waals surface area contributed by atoms with E-state index in [9.17, 15) is 5.11 Å². The summed E-state index contributed by atoms with van der Waals surface area (Å²) >= 11 is 0. The second-order valence-electron chi connectivity index (χ2n) is 6.95. The Hall–Kier alpha value is -2.78. The van der Waals surface area contributed by atoms with Crippen LogP contribution in [0.15, 0.2) is 83.9 Å². The van der Waals surface area contributed by atoms with Crippen LogP contribution in [0.25, 0.3) is 0 Å². The van der Waals surface area contributed by atoms with Crippen LogP contribution in [0.3, 0.4) is 0 Å². The van der Waals surface area contributed by atoms with Crippen molar-refractivity contribution in [2.45, 2.75) is 12.0 Å². The van der Waals surface area contributed by atoms with E-state index in [1.807, 2.05) is 60.7 Å². The zero-order valence-electron chi connectivity index (χ0n) is 17.6. The molecule has 3 aromatic carbocycles. The molecule has 0 aliphatic rings. The Morgan fingerprint density at radius 2 is 1.61 bits per heavy atom. The number of hydrogen-bond donors (Lipinski definition) is 3. The third-order valence-electron chi connectivity index (χ3n) is 4.83. The van der Waals surface area contributed by atoms with E-state index >= 15 is 0 Å². The molecule has 0 fully saturated rings. The first-order chi connectivity index (χ1) is 14.5. The average Bonchev–Trinajstić information content (AvgIpc) is 2.79. The number of hydrogen-bond acceptors (Lipinski definition) is 4. The molecular formula is C24H28IN3O3. The molecule has 0 spiro atoms. The van der Waals surface area contributed by atoms with Crippen molar-refractivity contribution >= 4 is 35.6 Å². The van der Waals surface area contributed by atoms with Gasteiger partial charge in [0.2, 0.25) is 0 Å². The largest absolute Gasteiger partial charge is 0.497 e. The number of rotatable bonds is 8. The second-order valence-corrected chi connectivity index (χ2v) is 6.95. The Morgan fingerprint density at radius 3 is 2.23 bits per heavy atom. The van der Waals surface area contributed by atoms with Crippen LogP contribution in [-0.4, -0.2) is 31.8 Å². The predicted octanol–water partition coefficient (Wildman–Crippen LogP) is 4.18. The molecule has 0 aliphatic carbocycles. The molecule has 0 aromatic heterocycles. The van der Waals surface area contributed by atoms with E-state index in [0.717, 1.165) is 11.1 Å². The fourth-order valence-corrected chi connectivity index (χ4v) is 3.24. The van der Waals surface area contributed by atoms with Gasteiger partial charge in [-0.25, -0.2) is 4.99 Å². The number of ether oxygens (including phenoxy) is 2. The van der Waals surface area contributed by atoms with E-state index < -0.39 is 5.60 Å². The second kappa shape index (κ2) is 11.6. The summed E-state index contributed by atoms with van der Waals surface area (Å²) in [7, 11) is 3.17. The van der Waals surface area contributed by atoms with Crippen LogP contribution >= 0.6 is 24.0 Å². The molecule has 31 heavy (non-hydrogen) atoms. The van der Waals surface area contributed by atoms with Crippen LogP contribution in [0, 0.1) is 0 Å². The highest BCUT2D eigenvalue weighted by Crippen LogP contribution is 2.29. The summed E-state index contributed by atoms with van der Waals surface area (Å²) in [5.41, 5.74) is 7.35. The molecule has 0 aliphatic heterocycles. The summed E-state index contributed by atoms with van der Waals surface area (Å²) < 4.78 is 10.6. The number of guanidine groups is 1. The third kappa shape index (κ3) is 6.60. The van der Waals surface area contributed by atoms with Gasteiger partial charge in [-0.3, -0.25) is 0 Å². The van der Waals surface area contributed by atoms with Gasteiger partial charge in [0.05, 0.1) is 26.5 Å². The van der Waals surface area contributed by atoms with Crippen molar-refractivity contribution in [2.24, 2.45) is 10.7 Å². The van der Waals surface area contributed by atoms with Crippen LogP contribution in [-0.2, 0) is 12.0 Å². The molecule has 0 heterocycles. The first-order valence-electron chi connectivity index (χ1n) is 9.65. The molecule has 3 rings (SSSR count). The number of halogens is 1. The minimum atomic E-state index is -1.20. The number of anilines is 1. The Kier molecular flexibility index (Phi) is 9.14.